The summed E-state index contributed by atoms with van der Waals surface area (Å²) in [7, 11) is 1.34. The monoisotopic (exact) mass is 235 g/mol. The van der Waals surface area contributed by atoms with Crippen molar-refractivity contribution in [3.05, 3.63) is 40.5 Å². The quantitative estimate of drug-likeness (QED) is 0.714. The van der Waals surface area contributed by atoms with Crippen molar-refractivity contribution in [1.82, 2.24) is 4.98 Å². The van der Waals surface area contributed by atoms with E-state index < -0.39 is 5.97 Å². The molecule has 1 heterocycles. The zero-order valence-corrected chi connectivity index (χ0v) is 9.71. The molecule has 16 heavy (non-hydrogen) atoms. The Morgan fingerprint density at radius 2 is 2.19 bits per heavy atom. The number of halogens is 1. The molecule has 0 spiro atoms. The van der Waals surface area contributed by atoms with Crippen molar-refractivity contribution in [2.45, 2.75) is 6.92 Å². The normalized spacial score (nSPS) is 10.4. The van der Waals surface area contributed by atoms with Crippen LogP contribution in [0.25, 0.3) is 10.9 Å². The van der Waals surface area contributed by atoms with Gasteiger partial charge in [0.2, 0.25) is 0 Å². The zero-order valence-electron chi connectivity index (χ0n) is 8.95. The molecule has 82 valence electrons. The highest BCUT2D eigenvalue weighted by atomic mass is 35.5. The molecule has 2 rings (SSSR count). The molecule has 0 unspecified atom stereocenters. The Hall–Kier alpha value is -1.61. The van der Waals surface area contributed by atoms with E-state index in [1.165, 1.54) is 7.11 Å². The Bertz CT molecular complexity index is 566. The van der Waals surface area contributed by atoms with Crippen molar-refractivity contribution in [2.75, 3.05) is 7.11 Å². The number of carbonyl (C=O) groups excluding carboxylic acids is 1. The summed E-state index contributed by atoms with van der Waals surface area (Å²) in [4.78, 5) is 15.8. The number of esters is 1. The highest BCUT2D eigenvalue weighted by molar-refractivity contribution is 6.32. The van der Waals surface area contributed by atoms with Crippen LogP contribution in [0.3, 0.4) is 0 Å². The van der Waals surface area contributed by atoms with E-state index in [9.17, 15) is 4.79 Å². The Balaban J connectivity index is 2.83. The van der Waals surface area contributed by atoms with Gasteiger partial charge in [-0.3, -0.25) is 4.98 Å². The molecule has 0 saturated heterocycles. The predicted octanol–water partition coefficient (Wildman–Crippen LogP) is 2.98. The van der Waals surface area contributed by atoms with Gasteiger partial charge in [0.25, 0.3) is 0 Å². The first-order valence-corrected chi connectivity index (χ1v) is 5.14. The number of benzene rings is 1. The average Bonchev–Trinajstić information content (AvgIpc) is 2.28. The molecule has 4 heteroatoms. The van der Waals surface area contributed by atoms with Gasteiger partial charge in [-0.15, -0.1) is 0 Å². The van der Waals surface area contributed by atoms with Gasteiger partial charge >= 0.3 is 5.97 Å². The van der Waals surface area contributed by atoms with Crippen LogP contribution in [0.4, 0.5) is 0 Å². The Labute approximate surface area is 98.0 Å². The summed E-state index contributed by atoms with van der Waals surface area (Å²) in [6.07, 6.45) is 1.66. The van der Waals surface area contributed by atoms with Crippen LogP contribution in [0.2, 0.25) is 5.02 Å². The molecule has 0 radical (unpaired) electrons. The number of fused-ring (bicyclic) bond motifs is 1. The van der Waals surface area contributed by atoms with Crippen LogP contribution in [0, 0.1) is 6.92 Å². The topological polar surface area (TPSA) is 39.2 Å². The van der Waals surface area contributed by atoms with E-state index in [-0.39, 0.29) is 0 Å². The van der Waals surface area contributed by atoms with Crippen molar-refractivity contribution in [3.8, 4) is 0 Å². The van der Waals surface area contributed by atoms with Crippen LogP contribution >= 0.6 is 11.6 Å². The van der Waals surface area contributed by atoms with E-state index in [0.29, 0.717) is 16.1 Å². The molecule has 0 aliphatic rings. The molecule has 0 atom stereocenters. The summed E-state index contributed by atoms with van der Waals surface area (Å²) < 4.78 is 4.70. The summed E-state index contributed by atoms with van der Waals surface area (Å²) in [5, 5.41) is 1.37. The minimum atomic E-state index is -0.425. The summed E-state index contributed by atoms with van der Waals surface area (Å²) in [6.45, 7) is 1.95. The van der Waals surface area contributed by atoms with E-state index in [2.05, 4.69) is 4.98 Å². The Morgan fingerprint density at radius 3 is 2.88 bits per heavy atom. The number of aromatic nitrogens is 1. The van der Waals surface area contributed by atoms with Crippen LogP contribution in [0.5, 0.6) is 0 Å². The minimum absolute atomic E-state index is 0.397. The van der Waals surface area contributed by atoms with E-state index >= 15 is 0 Å². The smallest absolute Gasteiger partial charge is 0.340 e. The second-order valence-electron chi connectivity index (χ2n) is 3.47. The molecule has 0 fully saturated rings. The van der Waals surface area contributed by atoms with Crippen LogP contribution in [-0.4, -0.2) is 18.1 Å². The number of carbonyl (C=O) groups is 1. The second kappa shape index (κ2) is 4.10. The second-order valence-corrected chi connectivity index (χ2v) is 3.91. The van der Waals surface area contributed by atoms with Gasteiger partial charge in [-0.05, 0) is 30.7 Å². The molecule has 0 bridgehead atoms. The van der Waals surface area contributed by atoms with Gasteiger partial charge in [0, 0.05) is 16.6 Å². The first kappa shape index (κ1) is 10.9. The van der Waals surface area contributed by atoms with Crippen LogP contribution in [0.15, 0.2) is 24.4 Å². The predicted molar refractivity (Wildman–Crippen MR) is 62.8 cm³/mol. The Morgan fingerprint density at radius 1 is 1.44 bits per heavy atom. The fourth-order valence-electron chi connectivity index (χ4n) is 1.62. The van der Waals surface area contributed by atoms with Crippen molar-refractivity contribution in [2.24, 2.45) is 0 Å². The summed E-state index contributed by atoms with van der Waals surface area (Å²) in [6, 6.07) is 5.24. The molecule has 0 aliphatic carbocycles. The van der Waals surface area contributed by atoms with Crippen LogP contribution in [0.1, 0.15) is 15.9 Å². The minimum Gasteiger partial charge on any atom is -0.465 e. The molecule has 0 N–H and O–H groups in total. The lowest BCUT2D eigenvalue weighted by molar-refractivity contribution is 0.0603. The average molecular weight is 236 g/mol. The van der Waals surface area contributed by atoms with Gasteiger partial charge in [0.15, 0.2) is 0 Å². The lowest BCUT2D eigenvalue weighted by atomic mass is 10.1. The molecule has 0 amide bonds. The molecule has 0 saturated carbocycles. The molecule has 1 aromatic carbocycles. The molecule has 3 nitrogen and oxygen atoms in total. The maximum absolute atomic E-state index is 11.6. The third kappa shape index (κ3) is 1.74. The Kier molecular flexibility index (Phi) is 2.79. The fraction of sp³-hybridized carbons (Fsp3) is 0.167. The lowest BCUT2D eigenvalue weighted by Crippen LogP contribution is -2.03. The molecule has 0 aliphatic heterocycles. The highest BCUT2D eigenvalue weighted by Gasteiger charge is 2.13. The highest BCUT2D eigenvalue weighted by Crippen LogP contribution is 2.25. The first-order chi connectivity index (χ1) is 7.63. The third-order valence-electron chi connectivity index (χ3n) is 2.43. The number of methoxy groups -OCH3 is 1. The van der Waals surface area contributed by atoms with E-state index in [0.717, 1.165) is 10.9 Å². The largest absolute Gasteiger partial charge is 0.465 e. The summed E-state index contributed by atoms with van der Waals surface area (Å²) >= 11 is 5.96. The van der Waals surface area contributed by atoms with Crippen LogP contribution < -0.4 is 0 Å². The van der Waals surface area contributed by atoms with Gasteiger partial charge in [-0.2, -0.15) is 0 Å². The molecule has 2 aromatic rings. The maximum Gasteiger partial charge on any atom is 0.340 e. The fourth-order valence-corrected chi connectivity index (χ4v) is 1.84. The molecular weight excluding hydrogens is 226 g/mol. The number of hydrogen-bond acceptors (Lipinski definition) is 3. The van der Waals surface area contributed by atoms with Gasteiger partial charge in [0.05, 0.1) is 18.2 Å². The summed E-state index contributed by atoms with van der Waals surface area (Å²) in [5.41, 5.74) is 2.04. The first-order valence-electron chi connectivity index (χ1n) is 4.76. The molecule has 1 aromatic heterocycles. The third-order valence-corrected chi connectivity index (χ3v) is 2.65. The molecular formula is C12H10ClNO2. The zero-order chi connectivity index (χ0) is 11.7. The van der Waals surface area contributed by atoms with Gasteiger partial charge in [-0.1, -0.05) is 11.6 Å². The number of aryl methyl sites for hydroxylation is 1. The van der Waals surface area contributed by atoms with E-state index in [4.69, 9.17) is 16.3 Å². The number of rotatable bonds is 1. The van der Waals surface area contributed by atoms with Gasteiger partial charge < -0.3 is 4.74 Å². The van der Waals surface area contributed by atoms with Crippen molar-refractivity contribution in [3.63, 3.8) is 0 Å². The SMILES string of the molecule is COC(=O)c1cc(Cl)cc2c(C)ccnc12. The van der Waals surface area contributed by atoms with Crippen LogP contribution in [-0.2, 0) is 4.74 Å². The standard InChI is InChI=1S/C12H10ClNO2/c1-7-3-4-14-11-9(7)5-8(13)6-10(11)12(15)16-2/h3-6H,1-2H3. The van der Waals surface area contributed by atoms with E-state index in [1.54, 1.807) is 18.3 Å². The number of ether oxygens (including phenoxy) is 1. The maximum atomic E-state index is 11.6. The van der Waals surface area contributed by atoms with Crippen molar-refractivity contribution in [1.29, 1.82) is 0 Å². The lowest BCUT2D eigenvalue weighted by Gasteiger charge is -2.06. The number of pyridine rings is 1. The van der Waals surface area contributed by atoms with Gasteiger partial charge in [0.1, 0.15) is 0 Å². The number of hydrogen-bond donors (Lipinski definition) is 0. The van der Waals surface area contributed by atoms with E-state index in [1.807, 2.05) is 13.0 Å². The van der Waals surface area contributed by atoms with Crippen molar-refractivity contribution >= 4 is 28.5 Å². The van der Waals surface area contributed by atoms with Crippen molar-refractivity contribution < 1.29 is 9.53 Å². The van der Waals surface area contributed by atoms with Gasteiger partial charge in [-0.25, -0.2) is 4.79 Å². The number of nitrogens with zero attached hydrogens (tertiary/aromatic N) is 1. The summed E-state index contributed by atoms with van der Waals surface area (Å²) in [5.74, 6) is -0.425.